The minimum absolute atomic E-state index is 0.200. The van der Waals surface area contributed by atoms with E-state index in [0.29, 0.717) is 0 Å². The number of benzene rings is 1. The van der Waals surface area contributed by atoms with Gasteiger partial charge < -0.3 is 10.2 Å². The Bertz CT molecular complexity index is 580. The van der Waals surface area contributed by atoms with Crippen LogP contribution in [0, 0.1) is 5.82 Å². The molecule has 23 heavy (non-hydrogen) atoms. The van der Waals surface area contributed by atoms with Gasteiger partial charge in [-0.25, -0.2) is 14.4 Å². The molecule has 1 aromatic carbocycles. The fourth-order valence-corrected chi connectivity index (χ4v) is 2.48. The number of rotatable bonds is 9. The SMILES string of the molecule is CCCN(CCC)c1cc(NCCc2ccc(F)cc2)ncn1. The maximum atomic E-state index is 12.9. The van der Waals surface area contributed by atoms with Gasteiger partial charge in [0, 0.05) is 25.7 Å². The molecule has 0 amide bonds. The van der Waals surface area contributed by atoms with Crippen LogP contribution in [0.15, 0.2) is 36.7 Å². The first kappa shape index (κ1) is 17.2. The standard InChI is InChI=1S/C18H25FN4/c1-3-11-23(12-4-2)18-13-17(21-14-22-18)20-10-9-15-5-7-16(19)8-6-15/h5-8,13-14H,3-4,9-12H2,1-2H3,(H,20,21,22). The van der Waals surface area contributed by atoms with Crippen molar-refractivity contribution in [1.82, 2.24) is 9.97 Å². The summed E-state index contributed by atoms with van der Waals surface area (Å²) in [5, 5.41) is 3.32. The normalized spacial score (nSPS) is 10.6. The van der Waals surface area contributed by atoms with E-state index in [4.69, 9.17) is 0 Å². The van der Waals surface area contributed by atoms with Crippen LogP contribution in [0.4, 0.5) is 16.0 Å². The van der Waals surface area contributed by atoms with E-state index in [9.17, 15) is 4.39 Å². The average Bonchev–Trinajstić information content (AvgIpc) is 2.57. The van der Waals surface area contributed by atoms with Crippen LogP contribution in [-0.4, -0.2) is 29.6 Å². The summed E-state index contributed by atoms with van der Waals surface area (Å²) in [6.07, 6.45) is 4.62. The van der Waals surface area contributed by atoms with Gasteiger partial charge in [0.05, 0.1) is 0 Å². The third kappa shape index (κ3) is 5.51. The molecule has 0 atom stereocenters. The quantitative estimate of drug-likeness (QED) is 0.762. The molecule has 0 bridgehead atoms. The smallest absolute Gasteiger partial charge is 0.134 e. The molecule has 124 valence electrons. The van der Waals surface area contributed by atoms with E-state index in [1.165, 1.54) is 12.1 Å². The van der Waals surface area contributed by atoms with E-state index >= 15 is 0 Å². The van der Waals surface area contributed by atoms with E-state index in [0.717, 1.165) is 56.1 Å². The summed E-state index contributed by atoms with van der Waals surface area (Å²) >= 11 is 0. The van der Waals surface area contributed by atoms with Crippen LogP contribution in [0.1, 0.15) is 32.3 Å². The van der Waals surface area contributed by atoms with Gasteiger partial charge in [-0.05, 0) is 37.0 Å². The number of hydrogen-bond donors (Lipinski definition) is 1. The molecule has 0 saturated carbocycles. The molecule has 0 saturated heterocycles. The first-order chi connectivity index (χ1) is 11.2. The highest BCUT2D eigenvalue weighted by Crippen LogP contribution is 2.15. The van der Waals surface area contributed by atoms with Crippen molar-refractivity contribution in [1.29, 1.82) is 0 Å². The van der Waals surface area contributed by atoms with E-state index in [1.54, 1.807) is 6.33 Å². The minimum atomic E-state index is -0.200. The van der Waals surface area contributed by atoms with Crippen molar-refractivity contribution in [2.75, 3.05) is 29.9 Å². The van der Waals surface area contributed by atoms with Crippen LogP contribution in [-0.2, 0) is 6.42 Å². The lowest BCUT2D eigenvalue weighted by atomic mass is 10.1. The molecule has 1 aromatic heterocycles. The molecule has 2 rings (SSSR count). The van der Waals surface area contributed by atoms with Crippen molar-refractivity contribution in [2.24, 2.45) is 0 Å². The van der Waals surface area contributed by atoms with E-state index in [1.807, 2.05) is 18.2 Å². The summed E-state index contributed by atoms with van der Waals surface area (Å²) in [4.78, 5) is 10.9. The van der Waals surface area contributed by atoms with Gasteiger partial charge in [-0.1, -0.05) is 26.0 Å². The lowest BCUT2D eigenvalue weighted by molar-refractivity contribution is 0.627. The molecule has 0 unspecified atom stereocenters. The maximum Gasteiger partial charge on any atom is 0.134 e. The Balaban J connectivity index is 1.92. The van der Waals surface area contributed by atoms with Crippen molar-refractivity contribution in [3.63, 3.8) is 0 Å². The van der Waals surface area contributed by atoms with Gasteiger partial charge in [0.2, 0.25) is 0 Å². The monoisotopic (exact) mass is 316 g/mol. The number of aromatic nitrogens is 2. The molecule has 1 N–H and O–H groups in total. The Hall–Kier alpha value is -2.17. The molecule has 2 aromatic rings. The van der Waals surface area contributed by atoms with E-state index in [-0.39, 0.29) is 5.82 Å². The van der Waals surface area contributed by atoms with Crippen molar-refractivity contribution in [3.8, 4) is 0 Å². The second-order valence-corrected chi connectivity index (χ2v) is 5.55. The first-order valence-corrected chi connectivity index (χ1v) is 8.28. The molecular weight excluding hydrogens is 291 g/mol. The third-order valence-electron chi connectivity index (χ3n) is 3.60. The zero-order chi connectivity index (χ0) is 16.5. The van der Waals surface area contributed by atoms with Gasteiger partial charge >= 0.3 is 0 Å². The number of nitrogens with zero attached hydrogens (tertiary/aromatic N) is 3. The fraction of sp³-hybridized carbons (Fsp3) is 0.444. The van der Waals surface area contributed by atoms with Crippen LogP contribution < -0.4 is 10.2 Å². The van der Waals surface area contributed by atoms with Gasteiger partial charge in [0.15, 0.2) is 0 Å². The maximum absolute atomic E-state index is 12.9. The van der Waals surface area contributed by atoms with Crippen molar-refractivity contribution in [2.45, 2.75) is 33.1 Å². The van der Waals surface area contributed by atoms with E-state index < -0.39 is 0 Å². The predicted octanol–water partition coefficient (Wildman–Crippen LogP) is 3.90. The molecule has 0 fully saturated rings. The molecule has 0 spiro atoms. The average molecular weight is 316 g/mol. The Morgan fingerprint density at radius 2 is 1.74 bits per heavy atom. The molecule has 0 aliphatic heterocycles. The van der Waals surface area contributed by atoms with Gasteiger partial charge in [-0.3, -0.25) is 0 Å². The summed E-state index contributed by atoms with van der Waals surface area (Å²) < 4.78 is 12.9. The molecule has 1 heterocycles. The lowest BCUT2D eigenvalue weighted by Crippen LogP contribution is -2.26. The van der Waals surface area contributed by atoms with Crippen molar-refractivity contribution in [3.05, 3.63) is 48.0 Å². The van der Waals surface area contributed by atoms with Gasteiger partial charge in [0.1, 0.15) is 23.8 Å². The van der Waals surface area contributed by atoms with Crippen molar-refractivity contribution >= 4 is 11.6 Å². The first-order valence-electron chi connectivity index (χ1n) is 8.28. The summed E-state index contributed by atoms with van der Waals surface area (Å²) in [6.45, 7) is 7.10. The lowest BCUT2D eigenvalue weighted by Gasteiger charge is -2.22. The predicted molar refractivity (Wildman–Crippen MR) is 93.4 cm³/mol. The number of hydrogen-bond acceptors (Lipinski definition) is 4. The minimum Gasteiger partial charge on any atom is -0.370 e. The second-order valence-electron chi connectivity index (χ2n) is 5.55. The zero-order valence-corrected chi connectivity index (χ0v) is 13.9. The number of halogens is 1. The van der Waals surface area contributed by atoms with Gasteiger partial charge in [-0.2, -0.15) is 0 Å². The van der Waals surface area contributed by atoms with Crippen LogP contribution >= 0.6 is 0 Å². The Labute approximate surface area is 137 Å². The fourth-order valence-electron chi connectivity index (χ4n) is 2.48. The highest BCUT2D eigenvalue weighted by molar-refractivity contribution is 5.48. The highest BCUT2D eigenvalue weighted by atomic mass is 19.1. The van der Waals surface area contributed by atoms with Crippen LogP contribution in [0.5, 0.6) is 0 Å². The van der Waals surface area contributed by atoms with Gasteiger partial charge in [0.25, 0.3) is 0 Å². The molecular formula is C18H25FN4. The second kappa shape index (κ2) is 9.08. The molecule has 4 nitrogen and oxygen atoms in total. The Morgan fingerprint density at radius 1 is 1.04 bits per heavy atom. The highest BCUT2D eigenvalue weighted by Gasteiger charge is 2.07. The zero-order valence-electron chi connectivity index (χ0n) is 13.9. The van der Waals surface area contributed by atoms with Crippen LogP contribution in [0.25, 0.3) is 0 Å². The molecule has 5 heteroatoms. The third-order valence-corrected chi connectivity index (χ3v) is 3.60. The number of anilines is 2. The van der Waals surface area contributed by atoms with Gasteiger partial charge in [-0.15, -0.1) is 0 Å². The summed E-state index contributed by atoms with van der Waals surface area (Å²) in [5.41, 5.74) is 1.10. The van der Waals surface area contributed by atoms with Crippen LogP contribution in [0.2, 0.25) is 0 Å². The summed E-state index contributed by atoms with van der Waals surface area (Å²) in [5.74, 6) is 1.59. The van der Waals surface area contributed by atoms with E-state index in [2.05, 4.69) is 34.0 Å². The Kier molecular flexibility index (Phi) is 6.78. The Morgan fingerprint density at radius 3 is 2.39 bits per heavy atom. The number of nitrogens with one attached hydrogen (secondary N) is 1. The van der Waals surface area contributed by atoms with Crippen molar-refractivity contribution < 1.29 is 4.39 Å². The summed E-state index contributed by atoms with van der Waals surface area (Å²) in [6, 6.07) is 8.60. The van der Waals surface area contributed by atoms with Crippen LogP contribution in [0.3, 0.4) is 0 Å². The molecule has 0 aliphatic rings. The molecule has 0 radical (unpaired) electrons. The topological polar surface area (TPSA) is 41.0 Å². The summed E-state index contributed by atoms with van der Waals surface area (Å²) in [7, 11) is 0. The molecule has 0 aliphatic carbocycles. The largest absolute Gasteiger partial charge is 0.370 e.